The molecule has 0 spiro atoms. The number of furan rings is 1. The number of nitrogens with two attached hydrogens (primary N) is 1. The number of nitrogens with zero attached hydrogens (tertiary/aromatic N) is 3. The zero-order chi connectivity index (χ0) is 43.8. The number of hydrogen-bond donors (Lipinski definition) is 1. The quantitative estimate of drug-likeness (QED) is 0.128. The van der Waals surface area contributed by atoms with Gasteiger partial charge in [-0.2, -0.15) is 0 Å². The van der Waals surface area contributed by atoms with Crippen LogP contribution in [0, 0.1) is 13.8 Å². The number of aliphatic imine (C=N–C) groups is 2. The van der Waals surface area contributed by atoms with E-state index in [-0.39, 0.29) is 0 Å². The molecule has 1 unspecified atom stereocenters. The summed E-state index contributed by atoms with van der Waals surface area (Å²) in [5.74, 6) is 0.360. The van der Waals surface area contributed by atoms with Gasteiger partial charge in [0, 0.05) is 43.9 Å². The molecule has 0 aliphatic rings. The Hall–Kier alpha value is -8.28. The molecule has 11 rings (SSSR count). The second-order valence-electron chi connectivity index (χ2n) is 15.7. The summed E-state index contributed by atoms with van der Waals surface area (Å²) >= 11 is 0. The van der Waals surface area contributed by atoms with E-state index in [0.717, 1.165) is 82.8 Å². The van der Waals surface area contributed by atoms with E-state index in [4.69, 9.17) is 15.1 Å². The normalized spacial score (nSPS) is 11.8. The van der Waals surface area contributed by atoms with E-state index in [9.17, 15) is 0 Å². The highest BCUT2D eigenvalue weighted by Gasteiger charge is 2.22. The standard InChI is InChI=1S/C45H32N4O.2C7H8/c1-47-45(37-22-13-21-35-34-20-11-12-23-39(34)49(42(35)37)32-18-9-4-10-19-32)48-44(46)36-26-25-33(30-16-7-3-8-17-30)43-41(36)38-28-31(24-27-40(38)50-43)29-14-5-2-6-15-29;2*1-7-5-3-2-4-6-7/h2-28,45H,1H2,(H2,46,48);2*2-6H,1H3. The Kier molecular flexibility index (Phi) is 12.1. The van der Waals surface area contributed by atoms with Crippen molar-refractivity contribution in [1.29, 1.82) is 0 Å². The molecule has 0 bridgehead atoms. The molecule has 310 valence electrons. The van der Waals surface area contributed by atoms with Crippen LogP contribution in [0.1, 0.15) is 28.4 Å². The van der Waals surface area contributed by atoms with E-state index < -0.39 is 6.17 Å². The van der Waals surface area contributed by atoms with Gasteiger partial charge in [-0.25, -0.2) is 4.99 Å². The molecular formula is C59H48N4O. The molecule has 0 fully saturated rings. The number of aryl methyl sites for hydroxylation is 2. The van der Waals surface area contributed by atoms with Gasteiger partial charge in [-0.3, -0.25) is 4.99 Å². The van der Waals surface area contributed by atoms with Crippen molar-refractivity contribution < 1.29 is 4.42 Å². The van der Waals surface area contributed by atoms with Crippen molar-refractivity contribution in [3.63, 3.8) is 0 Å². The molecule has 0 saturated carbocycles. The van der Waals surface area contributed by atoms with Crippen LogP contribution < -0.4 is 5.73 Å². The lowest BCUT2D eigenvalue weighted by atomic mass is 9.96. The molecule has 5 nitrogen and oxygen atoms in total. The predicted octanol–water partition coefficient (Wildman–Crippen LogP) is 15.1. The minimum atomic E-state index is -0.660. The summed E-state index contributed by atoms with van der Waals surface area (Å²) in [7, 11) is 0. The van der Waals surface area contributed by atoms with Gasteiger partial charge in [0.1, 0.15) is 17.0 Å². The number of rotatable bonds is 7. The Morgan fingerprint density at radius 2 is 1.09 bits per heavy atom. The van der Waals surface area contributed by atoms with E-state index in [0.29, 0.717) is 5.84 Å². The number of hydrogen-bond acceptors (Lipinski definition) is 3. The first-order chi connectivity index (χ1) is 31.5. The average molecular weight is 829 g/mol. The molecule has 2 heterocycles. The first-order valence-electron chi connectivity index (χ1n) is 21.5. The van der Waals surface area contributed by atoms with Gasteiger partial charge in [-0.1, -0.05) is 193 Å². The SMILES string of the molecule is C=NC(/N=C(\N)c1ccc(-c2ccccc2)c2oc3ccc(-c4ccccc4)cc3c12)c1cccc2c3ccccc3n(-c3ccccc3)c12.Cc1ccccc1.Cc1ccccc1. The highest BCUT2D eigenvalue weighted by Crippen LogP contribution is 2.41. The van der Waals surface area contributed by atoms with Crippen molar-refractivity contribution in [3.8, 4) is 27.9 Å². The van der Waals surface area contributed by atoms with Crippen LogP contribution in [0.25, 0.3) is 71.7 Å². The van der Waals surface area contributed by atoms with E-state index in [1.165, 1.54) is 11.1 Å². The molecular weight excluding hydrogens is 781 g/mol. The molecule has 5 heteroatoms. The lowest BCUT2D eigenvalue weighted by molar-refractivity contribution is 0.670. The number of amidine groups is 1. The first kappa shape index (κ1) is 41.1. The number of fused-ring (bicyclic) bond motifs is 6. The summed E-state index contributed by atoms with van der Waals surface area (Å²) in [6.07, 6.45) is -0.660. The Morgan fingerprint density at radius 3 is 1.70 bits per heavy atom. The van der Waals surface area contributed by atoms with Crippen LogP contribution in [0.5, 0.6) is 0 Å². The third kappa shape index (κ3) is 8.48. The van der Waals surface area contributed by atoms with Crippen LogP contribution >= 0.6 is 0 Å². The fraction of sp³-hybridized carbons (Fsp3) is 0.0508. The third-order valence-electron chi connectivity index (χ3n) is 11.4. The van der Waals surface area contributed by atoms with Gasteiger partial charge in [-0.05, 0) is 79.7 Å². The Bertz CT molecular complexity index is 3320. The summed E-state index contributed by atoms with van der Waals surface area (Å²) < 4.78 is 8.93. The van der Waals surface area contributed by atoms with Crippen LogP contribution in [0.3, 0.4) is 0 Å². The largest absolute Gasteiger partial charge is 0.455 e. The summed E-state index contributed by atoms with van der Waals surface area (Å²) in [5, 5.41) is 4.17. The van der Waals surface area contributed by atoms with E-state index >= 15 is 0 Å². The molecule has 64 heavy (non-hydrogen) atoms. The Balaban J connectivity index is 0.000000316. The molecule has 0 aliphatic carbocycles. The third-order valence-corrected chi connectivity index (χ3v) is 11.4. The smallest absolute Gasteiger partial charge is 0.168 e. The van der Waals surface area contributed by atoms with Gasteiger partial charge in [0.25, 0.3) is 0 Å². The second kappa shape index (κ2) is 18.8. The first-order valence-corrected chi connectivity index (χ1v) is 21.5. The highest BCUT2D eigenvalue weighted by atomic mass is 16.3. The summed E-state index contributed by atoms with van der Waals surface area (Å²) in [6, 6.07) is 76.8. The maximum atomic E-state index is 7.05. The fourth-order valence-electron chi connectivity index (χ4n) is 8.33. The minimum absolute atomic E-state index is 0.360. The maximum Gasteiger partial charge on any atom is 0.168 e. The zero-order valence-corrected chi connectivity index (χ0v) is 36.0. The zero-order valence-electron chi connectivity index (χ0n) is 36.0. The van der Waals surface area contributed by atoms with Crippen LogP contribution in [-0.4, -0.2) is 17.1 Å². The van der Waals surface area contributed by atoms with E-state index in [1.807, 2.05) is 72.8 Å². The van der Waals surface area contributed by atoms with Crippen LogP contribution in [0.4, 0.5) is 0 Å². The van der Waals surface area contributed by atoms with E-state index in [1.54, 1.807) is 0 Å². The van der Waals surface area contributed by atoms with Gasteiger partial charge >= 0.3 is 0 Å². The molecule has 0 saturated heterocycles. The van der Waals surface area contributed by atoms with Gasteiger partial charge in [0.2, 0.25) is 0 Å². The molecule has 2 aromatic heterocycles. The fourth-order valence-corrected chi connectivity index (χ4v) is 8.33. The summed E-state index contributed by atoms with van der Waals surface area (Å²) in [4.78, 5) is 9.69. The summed E-state index contributed by atoms with van der Waals surface area (Å²) in [5.41, 5.74) is 20.4. The molecule has 9 aromatic carbocycles. The van der Waals surface area contributed by atoms with Gasteiger partial charge < -0.3 is 14.7 Å². The van der Waals surface area contributed by atoms with Crippen LogP contribution in [-0.2, 0) is 0 Å². The molecule has 11 aromatic rings. The maximum absolute atomic E-state index is 7.05. The van der Waals surface area contributed by atoms with Crippen molar-refractivity contribution in [2.75, 3.05) is 0 Å². The predicted molar refractivity (Wildman–Crippen MR) is 271 cm³/mol. The molecule has 0 amide bonds. The van der Waals surface area contributed by atoms with Crippen molar-refractivity contribution in [2.24, 2.45) is 15.7 Å². The average Bonchev–Trinajstić information content (AvgIpc) is 3.91. The number of para-hydroxylation sites is 3. The molecule has 0 aliphatic heterocycles. The van der Waals surface area contributed by atoms with Crippen molar-refractivity contribution in [1.82, 2.24) is 4.57 Å². The molecule has 2 N–H and O–H groups in total. The highest BCUT2D eigenvalue weighted by molar-refractivity contribution is 6.20. The van der Waals surface area contributed by atoms with E-state index in [2.05, 4.69) is 182 Å². The van der Waals surface area contributed by atoms with Crippen molar-refractivity contribution in [3.05, 3.63) is 247 Å². The second-order valence-corrected chi connectivity index (χ2v) is 15.7. The van der Waals surface area contributed by atoms with Gasteiger partial charge in [0.05, 0.1) is 11.0 Å². The molecule has 1 atom stereocenters. The Labute approximate surface area is 374 Å². The van der Waals surface area contributed by atoms with Crippen molar-refractivity contribution in [2.45, 2.75) is 20.0 Å². The van der Waals surface area contributed by atoms with Gasteiger partial charge in [0.15, 0.2) is 6.17 Å². The van der Waals surface area contributed by atoms with Crippen molar-refractivity contribution >= 4 is 56.3 Å². The van der Waals surface area contributed by atoms with Crippen LogP contribution in [0.15, 0.2) is 239 Å². The number of benzene rings is 9. The number of aromatic nitrogens is 1. The topological polar surface area (TPSA) is 68.8 Å². The molecule has 0 radical (unpaired) electrons. The van der Waals surface area contributed by atoms with Gasteiger partial charge in [-0.15, -0.1) is 0 Å². The van der Waals surface area contributed by atoms with Crippen LogP contribution in [0.2, 0.25) is 0 Å². The summed E-state index contributed by atoms with van der Waals surface area (Å²) in [6.45, 7) is 8.17. The lowest BCUT2D eigenvalue weighted by Crippen LogP contribution is -2.15. The minimum Gasteiger partial charge on any atom is -0.455 e. The Morgan fingerprint density at radius 1 is 0.531 bits per heavy atom. The lowest BCUT2D eigenvalue weighted by Gasteiger charge is -2.15. The monoisotopic (exact) mass is 828 g/mol.